The quantitative estimate of drug-likeness (QED) is 0.310. The summed E-state index contributed by atoms with van der Waals surface area (Å²) in [4.78, 5) is 0. The van der Waals surface area contributed by atoms with Crippen LogP contribution in [0.5, 0.6) is 0 Å². The van der Waals surface area contributed by atoms with Crippen LogP contribution >= 0.6 is 0 Å². The molecule has 0 aromatic rings. The van der Waals surface area contributed by atoms with Gasteiger partial charge < -0.3 is 0 Å². The van der Waals surface area contributed by atoms with Crippen LogP contribution in [0.1, 0.15) is 0 Å². The first-order valence-corrected chi connectivity index (χ1v) is 31.3. The molecule has 0 atom stereocenters. The van der Waals surface area contributed by atoms with Crippen LogP contribution in [0.15, 0.2) is 0 Å². The van der Waals surface area contributed by atoms with Gasteiger partial charge in [0, 0.05) is 639 Å². The molecule has 0 aromatic carbocycles. The minimum Gasteiger partial charge on any atom is -0.106 e. The first-order chi connectivity index (χ1) is 62.9. The summed E-state index contributed by atoms with van der Waals surface area (Å²) in [5.74, 6) is 308. The third-order valence-corrected chi connectivity index (χ3v) is 7.71. The maximum atomic E-state index is 4.96. The van der Waals surface area contributed by atoms with Gasteiger partial charge in [-0.05, 0) is 94.7 Å². The molecule has 0 amide bonds. The van der Waals surface area contributed by atoms with E-state index in [-0.39, 0.29) is 0 Å². The molecule has 0 fully saturated rings. The lowest BCUT2D eigenvalue weighted by atomic mass is 10.4. The van der Waals surface area contributed by atoms with Gasteiger partial charge in [0.05, 0.1) is 0 Å². The average Bonchev–Trinajstić information content (AvgIpc) is 1.24. The molecule has 0 nitrogen and oxygen atoms in total. The Kier molecular flexibility index (Phi) is 75.9. The molecule has 0 heterocycles. The van der Waals surface area contributed by atoms with Crippen molar-refractivity contribution in [2.45, 2.75) is 0 Å². The highest BCUT2D eigenvalue weighted by Crippen LogP contribution is 1.70. The third kappa shape index (κ3) is 96.3. The molecule has 0 aliphatic heterocycles. The zero-order valence-electron chi connectivity index (χ0n) is 63.2. The smallest absolute Gasteiger partial charge is 0 e. The molecule has 0 aromatic heterocycles. The summed E-state index contributed by atoms with van der Waals surface area (Å²) in [5, 5.41) is 0. The summed E-state index contributed by atoms with van der Waals surface area (Å²) in [6.45, 7) is 0. The fourth-order valence-corrected chi connectivity index (χ4v) is 3.82. The van der Waals surface area contributed by atoms with E-state index in [9.17, 15) is 0 Å². The van der Waals surface area contributed by atoms with E-state index in [4.69, 9.17) is 12.8 Å². The molecule has 0 unspecified atom stereocenters. The van der Waals surface area contributed by atoms with E-state index in [0.29, 0.717) is 0 Å². The fraction of sp³-hybridized carbons (Fsp3) is 0. The third-order valence-electron chi connectivity index (χ3n) is 7.71. The van der Waals surface area contributed by atoms with Gasteiger partial charge >= 0.3 is 0 Å². The van der Waals surface area contributed by atoms with Crippen molar-refractivity contribution >= 4 is 0 Å². The van der Waals surface area contributed by atoms with Gasteiger partial charge in [-0.25, -0.2) is 0 Å². The van der Waals surface area contributed by atoms with Crippen LogP contribution in [0, 0.1) is 747 Å². The van der Waals surface area contributed by atoms with Crippen LogP contribution in [-0.2, 0) is 0 Å². The van der Waals surface area contributed by atoms with E-state index >= 15 is 0 Å². The highest BCUT2D eigenvalue weighted by molar-refractivity contribution is 5.58. The minimum absolute atomic E-state index is 2.12. The average molecular weight is 1520 g/mol. The predicted molar refractivity (Wildman–Crippen MR) is 492 cm³/mol. The minimum atomic E-state index is 2.12. The Morgan fingerprint density at radius 2 is 0.0635 bits per heavy atom. The highest BCUT2D eigenvalue weighted by atomic mass is 13.7. The van der Waals surface area contributed by atoms with Gasteiger partial charge in [-0.3, -0.25) is 0 Å². The van der Waals surface area contributed by atoms with Gasteiger partial charge in [0.1, 0.15) is 0 Å². The predicted octanol–water partition coefficient (Wildman–Crippen LogP) is 0.460. The number of terminal acetylenes is 2. The zero-order chi connectivity index (χ0) is 89.7. The van der Waals surface area contributed by atoms with Crippen LogP contribution in [0.3, 0.4) is 0 Å². The summed E-state index contributed by atoms with van der Waals surface area (Å²) in [7, 11) is 0. The molecule has 506 valence electrons. The number of rotatable bonds is 0. The maximum Gasteiger partial charge on any atom is 0 e. The molecule has 0 saturated heterocycles. The molecular weight excluding hydrogens is 1510 g/mol. The first-order valence-electron chi connectivity index (χ1n) is 31.3. The molecule has 126 heavy (non-hydrogen) atoms. The van der Waals surface area contributed by atoms with Gasteiger partial charge in [0.25, 0.3) is 0 Å². The Hall–Kier alpha value is -27.7. The fourth-order valence-electron chi connectivity index (χ4n) is 3.82. The Labute approximate surface area is 741 Å². The van der Waals surface area contributed by atoms with Gasteiger partial charge in [-0.2, -0.15) is 0 Å². The van der Waals surface area contributed by atoms with Crippen LogP contribution < -0.4 is 0 Å². The Morgan fingerprint density at radius 3 is 0.0873 bits per heavy atom. The topological polar surface area (TPSA) is 0 Å². The molecular formula is C126H2. The van der Waals surface area contributed by atoms with Crippen molar-refractivity contribution in [3.63, 3.8) is 0 Å². The lowest BCUT2D eigenvalue weighted by Gasteiger charge is -1.58. The molecule has 0 aliphatic rings. The van der Waals surface area contributed by atoms with Crippen LogP contribution in [0.4, 0.5) is 0 Å². The van der Waals surface area contributed by atoms with E-state index < -0.39 is 0 Å². The summed E-state index contributed by atoms with van der Waals surface area (Å²) < 4.78 is 0. The Balaban J connectivity index is 4.65. The van der Waals surface area contributed by atoms with Crippen LogP contribution in [-0.4, -0.2) is 0 Å². The standard InChI is InChI=1S/C126H2/c1-3-5-7-9-11-13-15-17-19-21-23-25-27-29-31-33-35-37-39-41-43-45-47-49-51-53-55-57-59-61-63-65-67-69-71-73-75-77-79-81-83-85-87-89-91-93-95-97-99-101-103-105-107-109-111-113-115-117-119-121-123-125-126-124-122-120-118-116-114-112-110-108-106-104-102-100-98-96-94-92-90-88-86-84-82-80-78-76-74-72-70-68-66-64-62-60-58-56-54-52-50-48-46-44-42-40-38-36-34-32-30-28-26-24-22-20-18-16-14-12-10-8-6-4-2/h1-2H. The molecule has 0 N–H and O–H groups in total. The molecule has 0 saturated carbocycles. The lowest BCUT2D eigenvalue weighted by molar-refractivity contribution is 2.31. The summed E-state index contributed by atoms with van der Waals surface area (Å²) in [6.07, 6.45) is 9.91. The van der Waals surface area contributed by atoms with Crippen molar-refractivity contribution in [3.05, 3.63) is 0 Å². The first kappa shape index (κ1) is 98.3. The molecule has 0 radical (unpaired) electrons. The number of hydrogen-bond donors (Lipinski definition) is 0. The van der Waals surface area contributed by atoms with Gasteiger partial charge in [-0.1, -0.05) is 0 Å². The zero-order valence-corrected chi connectivity index (χ0v) is 63.2. The van der Waals surface area contributed by atoms with Crippen molar-refractivity contribution in [3.8, 4) is 747 Å². The molecule has 0 spiro atoms. The SMILES string of the molecule is C#CC#CC#CC#CC#CC#CC#CC#CC#CC#CC#CC#CC#CC#CC#CC#CC#CC#CC#CC#CC#CC#CC#CC#CC#CC#CC#CC#CC#CC#CC#CC#CC#CC#CC#CC#CC#CC#CC#CC#CC#CC#CC#CC#CC#CC#CC#CC#CC#CC#CC#CC#CC#CC#CC#CC#CC#CC#CC#CC#CC#CC#CC#C. The summed E-state index contributed by atoms with van der Waals surface area (Å²) >= 11 is 0. The van der Waals surface area contributed by atoms with Crippen molar-refractivity contribution in [1.82, 2.24) is 0 Å². The van der Waals surface area contributed by atoms with Gasteiger partial charge in [0.2, 0.25) is 0 Å². The second kappa shape index (κ2) is 97.3. The maximum absolute atomic E-state index is 4.96. The van der Waals surface area contributed by atoms with E-state index in [1.54, 1.807) is 0 Å². The van der Waals surface area contributed by atoms with E-state index in [0.717, 1.165) is 0 Å². The highest BCUT2D eigenvalue weighted by Gasteiger charge is 1.70. The second-order valence-electron chi connectivity index (χ2n) is 15.5. The van der Waals surface area contributed by atoms with Crippen LogP contribution in [0.25, 0.3) is 0 Å². The van der Waals surface area contributed by atoms with E-state index in [2.05, 4.69) is 734 Å². The van der Waals surface area contributed by atoms with Crippen molar-refractivity contribution in [2.75, 3.05) is 0 Å². The van der Waals surface area contributed by atoms with Gasteiger partial charge in [-0.15, -0.1) is 12.8 Å². The van der Waals surface area contributed by atoms with E-state index in [1.165, 1.54) is 0 Å². The van der Waals surface area contributed by atoms with E-state index in [1.807, 2.05) is 0 Å². The normalized spacial score (nSPS) is 3.95. The summed E-state index contributed by atoms with van der Waals surface area (Å²) in [6, 6.07) is 0. The summed E-state index contributed by atoms with van der Waals surface area (Å²) in [5.41, 5.74) is 0. The lowest BCUT2D eigenvalue weighted by Crippen LogP contribution is -1.57. The molecule has 0 bridgehead atoms. The van der Waals surface area contributed by atoms with Crippen molar-refractivity contribution in [2.24, 2.45) is 0 Å². The molecule has 0 rings (SSSR count). The largest absolute Gasteiger partial charge is 0.106 e. The Morgan fingerprint density at radius 1 is 0.0397 bits per heavy atom. The number of hydrogen-bond acceptors (Lipinski definition) is 0. The van der Waals surface area contributed by atoms with Crippen molar-refractivity contribution < 1.29 is 0 Å². The van der Waals surface area contributed by atoms with Gasteiger partial charge in [0.15, 0.2) is 0 Å². The van der Waals surface area contributed by atoms with Crippen LogP contribution in [0.2, 0.25) is 0 Å². The monoisotopic (exact) mass is 1510 g/mol. The molecule has 0 aliphatic carbocycles. The van der Waals surface area contributed by atoms with Crippen molar-refractivity contribution in [1.29, 1.82) is 0 Å². The second-order valence-corrected chi connectivity index (χ2v) is 15.5. The molecule has 0 heteroatoms. The Bertz CT molecular complexity index is 8400.